The Kier molecular flexibility index (Phi) is 16.3. The molecular formula is C36H45N3O6. The molecule has 0 aliphatic carbocycles. The average Bonchev–Trinajstić information content (AvgIpc) is 3.08. The lowest BCUT2D eigenvalue weighted by Gasteiger charge is -2.10. The van der Waals surface area contributed by atoms with E-state index in [0.29, 0.717) is 59.5 Å². The lowest BCUT2D eigenvalue weighted by Crippen LogP contribution is -2.10. The Balaban J connectivity index is 1.14. The van der Waals surface area contributed by atoms with Crippen LogP contribution in [0.3, 0.4) is 0 Å². The minimum absolute atomic E-state index is 0.192. The van der Waals surface area contributed by atoms with Crippen molar-refractivity contribution in [3.05, 3.63) is 108 Å². The molecule has 0 radical (unpaired) electrons. The van der Waals surface area contributed by atoms with E-state index in [1.165, 1.54) is 16.7 Å². The van der Waals surface area contributed by atoms with Crippen molar-refractivity contribution in [1.82, 2.24) is 15.0 Å². The number of unbranched alkanes of at least 4 members (excludes halogenated alkanes) is 3. The molecule has 0 fully saturated rings. The van der Waals surface area contributed by atoms with Crippen LogP contribution >= 0.6 is 0 Å². The topological polar surface area (TPSA) is 94.1 Å². The summed E-state index contributed by atoms with van der Waals surface area (Å²) in [6, 6.07) is 31.0. The molecule has 3 aromatic carbocycles. The summed E-state index contributed by atoms with van der Waals surface area (Å²) in [5, 5.41) is 0. The molecule has 1 heterocycles. The van der Waals surface area contributed by atoms with Gasteiger partial charge in [0.25, 0.3) is 0 Å². The molecule has 240 valence electrons. The molecule has 1 aromatic heterocycles. The highest BCUT2D eigenvalue weighted by atomic mass is 16.5. The van der Waals surface area contributed by atoms with Crippen molar-refractivity contribution in [1.29, 1.82) is 0 Å². The van der Waals surface area contributed by atoms with Crippen molar-refractivity contribution in [2.24, 2.45) is 0 Å². The van der Waals surface area contributed by atoms with Gasteiger partial charge in [-0.3, -0.25) is 0 Å². The van der Waals surface area contributed by atoms with E-state index in [1.807, 2.05) is 54.6 Å². The van der Waals surface area contributed by atoms with E-state index in [1.54, 1.807) is 0 Å². The largest absolute Gasteiger partial charge is 0.463 e. The van der Waals surface area contributed by atoms with Crippen molar-refractivity contribution in [3.63, 3.8) is 0 Å². The molecule has 0 atom stereocenters. The second-order valence-electron chi connectivity index (χ2n) is 10.5. The van der Waals surface area contributed by atoms with Gasteiger partial charge in [-0.05, 0) is 55.2 Å². The van der Waals surface area contributed by atoms with Gasteiger partial charge in [0.2, 0.25) is 0 Å². The predicted molar refractivity (Wildman–Crippen MR) is 172 cm³/mol. The summed E-state index contributed by atoms with van der Waals surface area (Å²) in [6.45, 7) is 5.14. The van der Waals surface area contributed by atoms with Gasteiger partial charge in [0.05, 0.1) is 39.6 Å². The molecule has 0 spiro atoms. The first-order valence-electron chi connectivity index (χ1n) is 15.8. The molecule has 4 aromatic rings. The lowest BCUT2D eigenvalue weighted by atomic mass is 10.2. The van der Waals surface area contributed by atoms with E-state index >= 15 is 0 Å². The molecule has 9 nitrogen and oxygen atoms in total. The van der Waals surface area contributed by atoms with Crippen LogP contribution in [0.5, 0.6) is 18.0 Å². The van der Waals surface area contributed by atoms with Gasteiger partial charge in [-0.15, -0.1) is 15.0 Å². The van der Waals surface area contributed by atoms with Gasteiger partial charge < -0.3 is 28.4 Å². The summed E-state index contributed by atoms with van der Waals surface area (Å²) in [5.74, 6) is 0. The molecule has 0 saturated carbocycles. The minimum Gasteiger partial charge on any atom is -0.463 e. The van der Waals surface area contributed by atoms with Crippen LogP contribution in [0, 0.1) is 0 Å². The summed E-state index contributed by atoms with van der Waals surface area (Å²) < 4.78 is 34.8. The van der Waals surface area contributed by atoms with Gasteiger partial charge >= 0.3 is 18.0 Å². The molecular weight excluding hydrogens is 570 g/mol. The minimum atomic E-state index is 0.192. The normalized spacial score (nSPS) is 10.9. The maximum atomic E-state index is 5.84. The smallest absolute Gasteiger partial charge is 0.325 e. The molecule has 0 unspecified atom stereocenters. The fourth-order valence-electron chi connectivity index (χ4n) is 4.22. The summed E-state index contributed by atoms with van der Waals surface area (Å²) >= 11 is 0. The zero-order valence-electron chi connectivity index (χ0n) is 26.1. The number of nitrogens with zero attached hydrogens (tertiary/aromatic N) is 3. The van der Waals surface area contributed by atoms with Crippen molar-refractivity contribution < 1.29 is 28.4 Å². The lowest BCUT2D eigenvalue weighted by molar-refractivity contribution is 0.111. The number of ether oxygens (including phenoxy) is 6. The first-order valence-corrected chi connectivity index (χ1v) is 15.8. The van der Waals surface area contributed by atoms with Crippen LogP contribution in [-0.4, -0.2) is 54.6 Å². The molecule has 45 heavy (non-hydrogen) atoms. The Bertz CT molecular complexity index is 1130. The van der Waals surface area contributed by atoms with E-state index in [4.69, 9.17) is 28.4 Å². The molecule has 0 N–H and O–H groups in total. The van der Waals surface area contributed by atoms with Crippen LogP contribution in [0.4, 0.5) is 0 Å². The molecule has 9 heteroatoms. The molecule has 0 aliphatic rings. The van der Waals surface area contributed by atoms with Crippen molar-refractivity contribution in [3.8, 4) is 18.0 Å². The third kappa shape index (κ3) is 15.0. The summed E-state index contributed by atoms with van der Waals surface area (Å²) in [4.78, 5) is 13.0. The molecule has 0 saturated heterocycles. The van der Waals surface area contributed by atoms with Gasteiger partial charge in [0, 0.05) is 19.8 Å². The van der Waals surface area contributed by atoms with Crippen molar-refractivity contribution in [2.45, 2.75) is 58.3 Å². The number of hydrogen-bond donors (Lipinski definition) is 0. The fraction of sp³-hybridized carbons (Fsp3) is 0.417. The Labute approximate surface area is 266 Å². The molecule has 0 aliphatic heterocycles. The van der Waals surface area contributed by atoms with E-state index in [9.17, 15) is 0 Å². The first-order chi connectivity index (χ1) is 22.3. The maximum absolute atomic E-state index is 5.84. The second-order valence-corrected chi connectivity index (χ2v) is 10.5. The standard InChI is InChI=1S/C36H45N3O6/c1-4-16-31(17-5-1)28-40-22-10-13-25-43-34-37-35(44-26-14-11-23-41-29-32-18-6-2-7-19-32)39-36(38-34)45-27-15-12-24-42-30-33-20-8-3-9-21-33/h1-9,16-21H,10-15,22-30H2. The van der Waals surface area contributed by atoms with Gasteiger partial charge in [-0.1, -0.05) is 91.0 Å². The van der Waals surface area contributed by atoms with E-state index in [0.717, 1.165) is 38.5 Å². The van der Waals surface area contributed by atoms with Gasteiger partial charge in [-0.25, -0.2) is 0 Å². The van der Waals surface area contributed by atoms with Crippen LogP contribution in [0.1, 0.15) is 55.2 Å². The first kappa shape index (κ1) is 33.8. The average molecular weight is 616 g/mol. The molecule has 0 amide bonds. The summed E-state index contributed by atoms with van der Waals surface area (Å²) in [7, 11) is 0. The highest BCUT2D eigenvalue weighted by Crippen LogP contribution is 2.16. The van der Waals surface area contributed by atoms with Crippen molar-refractivity contribution in [2.75, 3.05) is 39.6 Å². The number of aromatic nitrogens is 3. The Morgan fingerprint density at radius 1 is 0.333 bits per heavy atom. The second kappa shape index (κ2) is 21.6. The number of hydrogen-bond acceptors (Lipinski definition) is 9. The highest BCUT2D eigenvalue weighted by Gasteiger charge is 2.10. The van der Waals surface area contributed by atoms with Gasteiger partial charge in [0.15, 0.2) is 0 Å². The number of rotatable bonds is 24. The molecule has 4 rings (SSSR count). The zero-order chi connectivity index (χ0) is 31.0. The third-order valence-electron chi connectivity index (χ3n) is 6.65. The summed E-state index contributed by atoms with van der Waals surface area (Å²) in [5.41, 5.74) is 3.50. The van der Waals surface area contributed by atoms with E-state index in [2.05, 4.69) is 51.4 Å². The SMILES string of the molecule is c1ccc(COCCCCOc2nc(OCCCCOCc3ccccc3)nc(OCCCCOCc3ccccc3)n2)cc1. The quantitative estimate of drug-likeness (QED) is 0.0773. The summed E-state index contributed by atoms with van der Waals surface area (Å²) in [6.07, 6.45) is 5.01. The Hall–Kier alpha value is -4.05. The van der Waals surface area contributed by atoms with Crippen LogP contribution in [0.15, 0.2) is 91.0 Å². The van der Waals surface area contributed by atoms with Crippen LogP contribution in [0.2, 0.25) is 0 Å². The third-order valence-corrected chi connectivity index (χ3v) is 6.65. The Morgan fingerprint density at radius 2 is 0.600 bits per heavy atom. The van der Waals surface area contributed by atoms with Crippen LogP contribution < -0.4 is 14.2 Å². The van der Waals surface area contributed by atoms with E-state index in [-0.39, 0.29) is 18.0 Å². The molecule has 0 bridgehead atoms. The highest BCUT2D eigenvalue weighted by molar-refractivity contribution is 5.15. The predicted octanol–water partition coefficient (Wildman–Crippen LogP) is 7.00. The Morgan fingerprint density at radius 3 is 0.889 bits per heavy atom. The fourth-order valence-corrected chi connectivity index (χ4v) is 4.22. The maximum Gasteiger partial charge on any atom is 0.325 e. The zero-order valence-corrected chi connectivity index (χ0v) is 26.1. The monoisotopic (exact) mass is 615 g/mol. The van der Waals surface area contributed by atoms with Crippen LogP contribution in [-0.2, 0) is 34.0 Å². The van der Waals surface area contributed by atoms with Crippen molar-refractivity contribution >= 4 is 0 Å². The van der Waals surface area contributed by atoms with E-state index < -0.39 is 0 Å². The number of benzene rings is 3. The van der Waals surface area contributed by atoms with Crippen LogP contribution in [0.25, 0.3) is 0 Å². The van der Waals surface area contributed by atoms with Gasteiger partial charge in [-0.2, -0.15) is 0 Å². The van der Waals surface area contributed by atoms with Gasteiger partial charge in [0.1, 0.15) is 0 Å².